The number of hydrogen-bond acceptors (Lipinski definition) is 5. The lowest BCUT2D eigenvalue weighted by molar-refractivity contribution is -0.144. The standard InChI is InChI=1S/C25H20F3N3O3S/c26-25(27,28)24-29-18-8-6-16(12-19(18)30-24)23(15-4-2-1-3-5-15)31-22(32)14-35-17-7-9-20-21(13-17)34-11-10-33-20/h1-9,12-13,23H,10-11,14H2,(H,29,30)(H,31,32). The first-order chi connectivity index (χ1) is 16.9. The fourth-order valence-electron chi connectivity index (χ4n) is 3.81. The van der Waals surface area contributed by atoms with Gasteiger partial charge in [0, 0.05) is 4.90 Å². The molecule has 1 aliphatic rings. The average molecular weight is 500 g/mol. The Hall–Kier alpha value is -3.66. The van der Waals surface area contributed by atoms with Gasteiger partial charge in [-0.2, -0.15) is 13.2 Å². The first kappa shape index (κ1) is 23.1. The molecule has 10 heteroatoms. The SMILES string of the molecule is O=C(CSc1ccc2c(c1)OCCO2)NC(c1ccccc1)c1ccc2nc(C(F)(F)F)[nH]c2c1. The van der Waals surface area contributed by atoms with Gasteiger partial charge in [0.1, 0.15) is 13.2 Å². The van der Waals surface area contributed by atoms with E-state index in [1.165, 1.54) is 17.8 Å². The van der Waals surface area contributed by atoms with E-state index < -0.39 is 18.0 Å². The van der Waals surface area contributed by atoms with E-state index in [0.29, 0.717) is 30.3 Å². The third-order valence-corrected chi connectivity index (χ3v) is 6.42. The van der Waals surface area contributed by atoms with Crippen LogP contribution in [0.4, 0.5) is 13.2 Å². The van der Waals surface area contributed by atoms with Crippen LogP contribution in [0.25, 0.3) is 11.0 Å². The van der Waals surface area contributed by atoms with Crippen molar-refractivity contribution in [3.63, 3.8) is 0 Å². The molecule has 0 aliphatic carbocycles. The van der Waals surface area contributed by atoms with Crippen molar-refractivity contribution < 1.29 is 27.4 Å². The minimum Gasteiger partial charge on any atom is -0.486 e. The summed E-state index contributed by atoms with van der Waals surface area (Å²) in [5, 5.41) is 3.01. The summed E-state index contributed by atoms with van der Waals surface area (Å²) in [6.45, 7) is 0.982. The molecule has 0 saturated heterocycles. The lowest BCUT2D eigenvalue weighted by atomic mass is 9.98. The zero-order valence-electron chi connectivity index (χ0n) is 18.3. The van der Waals surface area contributed by atoms with Gasteiger partial charge < -0.3 is 19.8 Å². The molecule has 5 rings (SSSR count). The number of halogens is 3. The highest BCUT2D eigenvalue weighted by atomic mass is 32.2. The minimum absolute atomic E-state index is 0.146. The van der Waals surface area contributed by atoms with Gasteiger partial charge in [-0.25, -0.2) is 4.98 Å². The van der Waals surface area contributed by atoms with Crippen molar-refractivity contribution in [2.75, 3.05) is 19.0 Å². The second-order valence-corrected chi connectivity index (χ2v) is 8.91. The van der Waals surface area contributed by atoms with Crippen molar-refractivity contribution in [1.29, 1.82) is 0 Å². The topological polar surface area (TPSA) is 76.2 Å². The molecule has 1 aliphatic heterocycles. The van der Waals surface area contributed by atoms with Gasteiger partial charge in [-0.15, -0.1) is 11.8 Å². The molecule has 1 unspecified atom stereocenters. The van der Waals surface area contributed by atoms with Gasteiger partial charge in [0.25, 0.3) is 0 Å². The Morgan fingerprint density at radius 1 is 1.00 bits per heavy atom. The van der Waals surface area contributed by atoms with Crippen molar-refractivity contribution in [2.45, 2.75) is 17.1 Å². The third kappa shape index (κ3) is 5.22. The van der Waals surface area contributed by atoms with E-state index in [-0.39, 0.29) is 22.7 Å². The molecule has 180 valence electrons. The van der Waals surface area contributed by atoms with E-state index in [4.69, 9.17) is 9.47 Å². The van der Waals surface area contributed by atoms with Crippen LogP contribution in [0.15, 0.2) is 71.6 Å². The normalized spacial score (nSPS) is 14.0. The summed E-state index contributed by atoms with van der Waals surface area (Å²) < 4.78 is 50.3. The number of carbonyl (C=O) groups is 1. The predicted molar refractivity (Wildman–Crippen MR) is 126 cm³/mol. The smallest absolute Gasteiger partial charge is 0.449 e. The summed E-state index contributed by atoms with van der Waals surface area (Å²) in [5.41, 5.74) is 1.89. The quantitative estimate of drug-likeness (QED) is 0.350. The Kier molecular flexibility index (Phi) is 6.29. The molecule has 3 aromatic carbocycles. The lowest BCUT2D eigenvalue weighted by Crippen LogP contribution is -2.30. The first-order valence-electron chi connectivity index (χ1n) is 10.8. The van der Waals surface area contributed by atoms with Crippen LogP contribution >= 0.6 is 11.8 Å². The number of nitrogens with zero attached hydrogens (tertiary/aromatic N) is 1. The second-order valence-electron chi connectivity index (χ2n) is 7.87. The number of hydrogen-bond donors (Lipinski definition) is 2. The van der Waals surface area contributed by atoms with Gasteiger partial charge in [-0.3, -0.25) is 4.79 Å². The highest BCUT2D eigenvalue weighted by Crippen LogP contribution is 2.34. The summed E-state index contributed by atoms with van der Waals surface area (Å²) in [7, 11) is 0. The van der Waals surface area contributed by atoms with Gasteiger partial charge in [0.05, 0.1) is 22.8 Å². The van der Waals surface area contributed by atoms with Gasteiger partial charge in [-0.05, 0) is 41.5 Å². The van der Waals surface area contributed by atoms with E-state index >= 15 is 0 Å². The lowest BCUT2D eigenvalue weighted by Gasteiger charge is -2.20. The van der Waals surface area contributed by atoms with Crippen molar-refractivity contribution in [1.82, 2.24) is 15.3 Å². The molecular formula is C25H20F3N3O3S. The summed E-state index contributed by atoms with van der Waals surface area (Å²) in [6, 6.07) is 19.0. The third-order valence-electron chi connectivity index (χ3n) is 5.43. The van der Waals surface area contributed by atoms with Crippen molar-refractivity contribution >= 4 is 28.7 Å². The number of rotatable bonds is 6. The van der Waals surface area contributed by atoms with E-state index in [1.54, 1.807) is 12.1 Å². The molecule has 0 radical (unpaired) electrons. The van der Waals surface area contributed by atoms with Crippen LogP contribution in [0.1, 0.15) is 23.0 Å². The Morgan fingerprint density at radius 2 is 1.77 bits per heavy atom. The highest BCUT2D eigenvalue weighted by Gasteiger charge is 2.34. The monoisotopic (exact) mass is 499 g/mol. The molecule has 4 aromatic rings. The Labute approximate surface area is 202 Å². The number of ether oxygens (including phenoxy) is 2. The number of H-pyrrole nitrogens is 1. The first-order valence-corrected chi connectivity index (χ1v) is 11.8. The number of aromatic amines is 1. The van der Waals surface area contributed by atoms with Gasteiger partial charge in [0.15, 0.2) is 11.5 Å². The number of carbonyl (C=O) groups excluding carboxylic acids is 1. The van der Waals surface area contributed by atoms with Crippen LogP contribution in [-0.2, 0) is 11.0 Å². The van der Waals surface area contributed by atoms with Crippen LogP contribution in [-0.4, -0.2) is 34.8 Å². The molecule has 0 spiro atoms. The van der Waals surface area contributed by atoms with Crippen LogP contribution in [0.2, 0.25) is 0 Å². The minimum atomic E-state index is -4.57. The van der Waals surface area contributed by atoms with Gasteiger partial charge in [0.2, 0.25) is 11.7 Å². The molecule has 0 fully saturated rings. The zero-order chi connectivity index (χ0) is 24.4. The van der Waals surface area contributed by atoms with E-state index in [1.807, 2.05) is 48.5 Å². The Balaban J connectivity index is 1.35. The molecule has 2 heterocycles. The maximum absolute atomic E-state index is 13.1. The van der Waals surface area contributed by atoms with Crippen molar-refractivity contribution in [3.8, 4) is 11.5 Å². The van der Waals surface area contributed by atoms with Crippen LogP contribution in [0, 0.1) is 0 Å². The molecule has 0 bridgehead atoms. The van der Waals surface area contributed by atoms with Crippen LogP contribution in [0.5, 0.6) is 11.5 Å². The molecule has 1 aromatic heterocycles. The zero-order valence-corrected chi connectivity index (χ0v) is 19.1. The Morgan fingerprint density at radius 3 is 2.54 bits per heavy atom. The Bertz CT molecular complexity index is 1360. The number of alkyl halides is 3. The van der Waals surface area contributed by atoms with Crippen LogP contribution < -0.4 is 14.8 Å². The highest BCUT2D eigenvalue weighted by molar-refractivity contribution is 8.00. The fourth-order valence-corrected chi connectivity index (χ4v) is 4.55. The summed E-state index contributed by atoms with van der Waals surface area (Å²) in [6.07, 6.45) is -4.57. The summed E-state index contributed by atoms with van der Waals surface area (Å²) in [4.78, 5) is 19.7. The number of imidazole rings is 1. The number of benzene rings is 3. The molecule has 6 nitrogen and oxygen atoms in total. The van der Waals surface area contributed by atoms with Gasteiger partial charge in [-0.1, -0.05) is 36.4 Å². The number of aromatic nitrogens is 2. The van der Waals surface area contributed by atoms with Crippen molar-refractivity contribution in [2.24, 2.45) is 0 Å². The maximum Gasteiger partial charge on any atom is 0.449 e. The van der Waals surface area contributed by atoms with Gasteiger partial charge >= 0.3 is 6.18 Å². The maximum atomic E-state index is 13.1. The number of fused-ring (bicyclic) bond motifs is 2. The summed E-state index contributed by atoms with van der Waals surface area (Å²) in [5.74, 6) is 0.195. The number of nitrogens with one attached hydrogen (secondary N) is 2. The molecule has 2 N–H and O–H groups in total. The molecule has 35 heavy (non-hydrogen) atoms. The van der Waals surface area contributed by atoms with E-state index in [9.17, 15) is 18.0 Å². The molecule has 0 saturated carbocycles. The number of amides is 1. The largest absolute Gasteiger partial charge is 0.486 e. The molecule has 1 amide bonds. The van der Waals surface area contributed by atoms with Crippen LogP contribution in [0.3, 0.4) is 0 Å². The van der Waals surface area contributed by atoms with E-state index in [0.717, 1.165) is 10.5 Å². The fraction of sp³-hybridized carbons (Fsp3) is 0.200. The number of thioether (sulfide) groups is 1. The molecular weight excluding hydrogens is 479 g/mol. The average Bonchev–Trinajstić information content (AvgIpc) is 3.31. The van der Waals surface area contributed by atoms with E-state index in [2.05, 4.69) is 15.3 Å². The molecule has 1 atom stereocenters. The van der Waals surface area contributed by atoms with Crippen molar-refractivity contribution in [3.05, 3.63) is 83.7 Å². The second kappa shape index (κ2) is 9.53. The summed E-state index contributed by atoms with van der Waals surface area (Å²) >= 11 is 1.35. The predicted octanol–water partition coefficient (Wildman–Crippen LogP) is 5.35.